The van der Waals surface area contributed by atoms with Gasteiger partial charge in [-0.05, 0) is 91.7 Å². The zero-order valence-electron chi connectivity index (χ0n) is 23.4. The number of hydrogen-bond donors (Lipinski definition) is 2. The van der Waals surface area contributed by atoms with Gasteiger partial charge in [-0.15, -0.1) is 22.7 Å². The number of fused-ring (bicyclic) bond motifs is 3. The van der Waals surface area contributed by atoms with E-state index in [9.17, 15) is 10.2 Å². The molecule has 0 unspecified atom stereocenters. The molecule has 0 bridgehead atoms. The average molecular weight is 603 g/mol. The third-order valence-electron chi connectivity index (χ3n) is 8.04. The van der Waals surface area contributed by atoms with Crippen molar-refractivity contribution in [3.8, 4) is 43.5 Å². The molecule has 0 saturated carbocycles. The zero-order valence-corrected chi connectivity index (χ0v) is 25.0. The molecule has 6 aromatic rings. The van der Waals surface area contributed by atoms with E-state index in [0.29, 0.717) is 0 Å². The zero-order chi connectivity index (χ0) is 29.2. The van der Waals surface area contributed by atoms with Crippen LogP contribution in [0.4, 0.5) is 0 Å². The fraction of sp³-hybridized carbons (Fsp3) is 0.135. The second kappa shape index (κ2) is 11.8. The Kier molecular flexibility index (Phi) is 7.59. The van der Waals surface area contributed by atoms with E-state index in [-0.39, 0.29) is 26.4 Å². The summed E-state index contributed by atoms with van der Waals surface area (Å²) in [5, 5.41) is 22.9. The molecule has 7 rings (SSSR count). The van der Waals surface area contributed by atoms with Gasteiger partial charge in [0.1, 0.15) is 24.7 Å². The van der Waals surface area contributed by atoms with Crippen molar-refractivity contribution in [2.45, 2.75) is 5.41 Å². The monoisotopic (exact) mass is 602 g/mol. The number of ether oxygens (including phenoxy) is 2. The normalized spacial score (nSPS) is 13.0. The molecule has 2 N–H and O–H groups in total. The minimum Gasteiger partial charge on any atom is -0.491 e. The Morgan fingerprint density at radius 3 is 1.28 bits per heavy atom. The minimum absolute atomic E-state index is 0.0362. The first kappa shape index (κ1) is 27.6. The summed E-state index contributed by atoms with van der Waals surface area (Å²) >= 11 is 3.50. The van der Waals surface area contributed by atoms with E-state index in [1.807, 2.05) is 24.3 Å². The van der Waals surface area contributed by atoms with Gasteiger partial charge in [-0.2, -0.15) is 0 Å². The quantitative estimate of drug-likeness (QED) is 0.166. The van der Waals surface area contributed by atoms with E-state index in [1.165, 1.54) is 43.1 Å². The Balaban J connectivity index is 1.58. The summed E-state index contributed by atoms with van der Waals surface area (Å²) in [6.45, 7) is 0.421. The summed E-state index contributed by atoms with van der Waals surface area (Å²) in [7, 11) is 0. The van der Waals surface area contributed by atoms with Crippen LogP contribution in [-0.4, -0.2) is 36.6 Å². The number of aliphatic hydroxyl groups excluding tert-OH is 2. The SMILES string of the molecule is OCCOc1ccc(C2(c3ccc(OCCO)cc3)c3c(-c4cccs4)cccc3-c3cccc(-c4cccs4)c32)cc1. The van der Waals surface area contributed by atoms with E-state index >= 15 is 0 Å². The summed E-state index contributed by atoms with van der Waals surface area (Å²) in [5.74, 6) is 1.44. The van der Waals surface area contributed by atoms with Gasteiger partial charge < -0.3 is 19.7 Å². The first-order valence-electron chi connectivity index (χ1n) is 14.3. The maximum Gasteiger partial charge on any atom is 0.119 e. The highest BCUT2D eigenvalue weighted by atomic mass is 32.1. The Morgan fingerprint density at radius 1 is 0.488 bits per heavy atom. The predicted octanol–water partition coefficient (Wildman–Crippen LogP) is 8.25. The molecular weight excluding hydrogens is 573 g/mol. The van der Waals surface area contributed by atoms with Crippen LogP contribution in [0.3, 0.4) is 0 Å². The lowest BCUT2D eigenvalue weighted by molar-refractivity contribution is 0.201. The van der Waals surface area contributed by atoms with Crippen LogP contribution >= 0.6 is 22.7 Å². The van der Waals surface area contributed by atoms with Crippen molar-refractivity contribution in [1.82, 2.24) is 0 Å². The summed E-state index contributed by atoms with van der Waals surface area (Å²) in [5.41, 5.74) is 8.97. The second-order valence-electron chi connectivity index (χ2n) is 10.4. The number of benzene rings is 4. The molecule has 4 nitrogen and oxygen atoms in total. The molecule has 2 heterocycles. The van der Waals surface area contributed by atoms with Crippen LogP contribution in [0.15, 0.2) is 120 Å². The molecule has 0 radical (unpaired) electrons. The lowest BCUT2D eigenvalue weighted by Gasteiger charge is -2.36. The van der Waals surface area contributed by atoms with E-state index < -0.39 is 5.41 Å². The van der Waals surface area contributed by atoms with Gasteiger partial charge in [-0.25, -0.2) is 0 Å². The van der Waals surface area contributed by atoms with Crippen LogP contribution in [0, 0.1) is 0 Å². The van der Waals surface area contributed by atoms with E-state index in [4.69, 9.17) is 9.47 Å². The smallest absolute Gasteiger partial charge is 0.119 e. The topological polar surface area (TPSA) is 58.9 Å². The van der Waals surface area contributed by atoms with E-state index in [0.717, 1.165) is 22.6 Å². The van der Waals surface area contributed by atoms with Crippen LogP contribution in [0.25, 0.3) is 32.0 Å². The Labute approximate surface area is 259 Å². The number of aliphatic hydroxyl groups is 2. The van der Waals surface area contributed by atoms with E-state index in [1.54, 1.807) is 22.7 Å². The lowest BCUT2D eigenvalue weighted by Crippen LogP contribution is -2.30. The lowest BCUT2D eigenvalue weighted by atomic mass is 9.65. The first-order chi connectivity index (χ1) is 21.3. The molecule has 6 heteroatoms. The van der Waals surface area contributed by atoms with Crippen LogP contribution < -0.4 is 9.47 Å². The summed E-state index contributed by atoms with van der Waals surface area (Å²) in [6.07, 6.45) is 0. The maximum atomic E-state index is 9.33. The molecular formula is C37H30O4S2. The van der Waals surface area contributed by atoms with Gasteiger partial charge in [-0.3, -0.25) is 0 Å². The molecule has 0 atom stereocenters. The van der Waals surface area contributed by atoms with Crippen LogP contribution in [-0.2, 0) is 5.41 Å². The molecule has 0 amide bonds. The van der Waals surface area contributed by atoms with Gasteiger partial charge in [0.25, 0.3) is 0 Å². The Hall–Kier alpha value is -4.20. The summed E-state index contributed by atoms with van der Waals surface area (Å²) in [6, 6.07) is 38.6. The predicted molar refractivity (Wildman–Crippen MR) is 176 cm³/mol. The molecule has 214 valence electrons. The van der Waals surface area contributed by atoms with Crippen molar-refractivity contribution in [2.75, 3.05) is 26.4 Å². The fourth-order valence-corrected chi connectivity index (χ4v) is 7.95. The molecule has 4 aromatic carbocycles. The Bertz CT molecular complexity index is 1690. The standard InChI is InChI=1S/C37H30O4S2/c38-19-21-40-27-15-11-25(12-16-27)37(26-13-17-28(18-14-26)41-22-20-39)35-29(5-1-7-31(35)33-9-3-23-42-33)30-6-2-8-32(36(30)37)34-10-4-24-43-34/h1-18,23-24,38-39H,19-22H2. The molecule has 1 aliphatic carbocycles. The van der Waals surface area contributed by atoms with Gasteiger partial charge in [0.05, 0.1) is 18.6 Å². The highest BCUT2D eigenvalue weighted by molar-refractivity contribution is 7.13. The molecule has 2 aromatic heterocycles. The van der Waals surface area contributed by atoms with Crippen molar-refractivity contribution in [3.63, 3.8) is 0 Å². The summed E-state index contributed by atoms with van der Waals surface area (Å²) in [4.78, 5) is 2.44. The van der Waals surface area contributed by atoms with Crippen LogP contribution in [0.2, 0.25) is 0 Å². The average Bonchev–Trinajstić information content (AvgIpc) is 3.84. The van der Waals surface area contributed by atoms with Crippen molar-refractivity contribution in [1.29, 1.82) is 0 Å². The minimum atomic E-state index is -0.656. The molecule has 0 saturated heterocycles. The second-order valence-corrected chi connectivity index (χ2v) is 12.2. The molecule has 43 heavy (non-hydrogen) atoms. The van der Waals surface area contributed by atoms with Gasteiger partial charge in [0, 0.05) is 9.75 Å². The highest BCUT2D eigenvalue weighted by Gasteiger charge is 2.49. The molecule has 0 aliphatic heterocycles. The highest BCUT2D eigenvalue weighted by Crippen LogP contribution is 2.61. The molecule has 0 fully saturated rings. The van der Waals surface area contributed by atoms with Crippen molar-refractivity contribution in [3.05, 3.63) is 142 Å². The van der Waals surface area contributed by atoms with Gasteiger partial charge >= 0.3 is 0 Å². The first-order valence-corrected chi connectivity index (χ1v) is 16.0. The third-order valence-corrected chi connectivity index (χ3v) is 9.84. The van der Waals surface area contributed by atoms with Crippen LogP contribution in [0.1, 0.15) is 22.3 Å². The van der Waals surface area contributed by atoms with Crippen molar-refractivity contribution in [2.24, 2.45) is 0 Å². The largest absolute Gasteiger partial charge is 0.491 e. The number of hydrogen-bond acceptors (Lipinski definition) is 6. The number of rotatable bonds is 10. The molecule has 0 spiro atoms. The van der Waals surface area contributed by atoms with Crippen molar-refractivity contribution < 1.29 is 19.7 Å². The maximum absolute atomic E-state index is 9.33. The fourth-order valence-electron chi connectivity index (χ4n) is 6.43. The third kappa shape index (κ3) is 4.67. The van der Waals surface area contributed by atoms with E-state index in [2.05, 4.69) is 95.7 Å². The van der Waals surface area contributed by atoms with Gasteiger partial charge in [0.2, 0.25) is 0 Å². The summed E-state index contributed by atoms with van der Waals surface area (Å²) < 4.78 is 11.6. The number of thiophene rings is 2. The van der Waals surface area contributed by atoms with Gasteiger partial charge in [-0.1, -0.05) is 72.8 Å². The van der Waals surface area contributed by atoms with Crippen LogP contribution in [0.5, 0.6) is 11.5 Å². The van der Waals surface area contributed by atoms with Crippen molar-refractivity contribution >= 4 is 22.7 Å². The Morgan fingerprint density at radius 2 is 0.907 bits per heavy atom. The van der Waals surface area contributed by atoms with Gasteiger partial charge in [0.15, 0.2) is 0 Å². The molecule has 1 aliphatic rings.